The number of sulfonamides is 1. The molecular formula is C21H28F3N3O3S. The zero-order valence-corrected chi connectivity index (χ0v) is 18.3. The van der Waals surface area contributed by atoms with Gasteiger partial charge >= 0.3 is 0 Å². The van der Waals surface area contributed by atoms with Crippen LogP contribution in [0.5, 0.6) is 0 Å². The molecule has 4 rings (SSSR count). The van der Waals surface area contributed by atoms with Crippen molar-refractivity contribution in [3.05, 3.63) is 35.1 Å². The van der Waals surface area contributed by atoms with Gasteiger partial charge in [-0.3, -0.25) is 4.79 Å². The number of hydrogen-bond donors (Lipinski definition) is 1. The summed E-state index contributed by atoms with van der Waals surface area (Å²) in [6.45, 7) is -0.164. The largest absolute Gasteiger partial charge is 0.336 e. The van der Waals surface area contributed by atoms with E-state index in [9.17, 15) is 26.4 Å². The zero-order valence-electron chi connectivity index (χ0n) is 17.4. The predicted octanol–water partition coefficient (Wildman–Crippen LogP) is 2.17. The lowest BCUT2D eigenvalue weighted by atomic mass is 9.82. The van der Waals surface area contributed by atoms with E-state index in [0.717, 1.165) is 23.2 Å². The Balaban J connectivity index is 1.38. The molecule has 0 radical (unpaired) electrons. The quantitative estimate of drug-likeness (QED) is 0.634. The van der Waals surface area contributed by atoms with Crippen molar-refractivity contribution in [2.45, 2.75) is 68.3 Å². The number of nitrogens with zero attached hydrogens (tertiary/aromatic N) is 2. The average Bonchev–Trinajstić information content (AvgIpc) is 3.52. The molecule has 4 atom stereocenters. The van der Waals surface area contributed by atoms with Crippen molar-refractivity contribution in [1.82, 2.24) is 9.21 Å². The highest BCUT2D eigenvalue weighted by Gasteiger charge is 2.46. The van der Waals surface area contributed by atoms with E-state index >= 15 is 0 Å². The number of benzene rings is 1. The number of hydrogen-bond acceptors (Lipinski definition) is 4. The summed E-state index contributed by atoms with van der Waals surface area (Å²) in [6.07, 6.45) is 4.28. The second-order valence-electron chi connectivity index (χ2n) is 9.14. The molecule has 172 valence electrons. The minimum Gasteiger partial charge on any atom is -0.336 e. The number of nitrogens with two attached hydrogens (primary N) is 1. The van der Waals surface area contributed by atoms with Gasteiger partial charge in [-0.15, -0.1) is 0 Å². The van der Waals surface area contributed by atoms with Crippen LogP contribution in [-0.4, -0.2) is 60.5 Å². The van der Waals surface area contributed by atoms with E-state index in [0.29, 0.717) is 31.7 Å². The number of rotatable bonds is 7. The third-order valence-electron chi connectivity index (χ3n) is 6.95. The van der Waals surface area contributed by atoms with E-state index in [1.165, 1.54) is 7.05 Å². The van der Waals surface area contributed by atoms with E-state index < -0.39 is 33.5 Å². The van der Waals surface area contributed by atoms with Crippen LogP contribution in [0.25, 0.3) is 0 Å². The van der Waals surface area contributed by atoms with Gasteiger partial charge in [0.1, 0.15) is 5.82 Å². The summed E-state index contributed by atoms with van der Waals surface area (Å²) in [5.41, 5.74) is 6.36. The third kappa shape index (κ3) is 4.47. The fraction of sp³-hybridized carbons (Fsp3) is 0.667. The molecule has 0 spiro atoms. The summed E-state index contributed by atoms with van der Waals surface area (Å²) < 4.78 is 66.5. The van der Waals surface area contributed by atoms with Gasteiger partial charge in [-0.25, -0.2) is 21.6 Å². The molecule has 1 amide bonds. The Bertz CT molecular complexity index is 956. The number of fused-ring (bicyclic) bond motifs is 2. The maximum absolute atomic E-state index is 14.0. The van der Waals surface area contributed by atoms with Crippen molar-refractivity contribution in [3.8, 4) is 0 Å². The summed E-state index contributed by atoms with van der Waals surface area (Å²) in [7, 11) is -1.96. The fourth-order valence-corrected chi connectivity index (χ4v) is 6.63. The fourth-order valence-electron chi connectivity index (χ4n) is 5.10. The van der Waals surface area contributed by atoms with Gasteiger partial charge in [0.25, 0.3) is 0 Å². The molecule has 3 fully saturated rings. The van der Waals surface area contributed by atoms with Crippen molar-refractivity contribution >= 4 is 15.9 Å². The van der Waals surface area contributed by atoms with Crippen molar-refractivity contribution in [3.63, 3.8) is 0 Å². The summed E-state index contributed by atoms with van der Waals surface area (Å²) >= 11 is 0. The molecule has 31 heavy (non-hydrogen) atoms. The topological polar surface area (TPSA) is 83.7 Å². The highest BCUT2D eigenvalue weighted by Crippen LogP contribution is 2.40. The van der Waals surface area contributed by atoms with Crippen LogP contribution >= 0.6 is 0 Å². The van der Waals surface area contributed by atoms with Crippen LogP contribution in [0.3, 0.4) is 0 Å². The van der Waals surface area contributed by atoms with Gasteiger partial charge in [0, 0.05) is 31.2 Å². The normalized spacial score (nSPS) is 27.0. The van der Waals surface area contributed by atoms with Gasteiger partial charge < -0.3 is 10.6 Å². The lowest BCUT2D eigenvalue weighted by molar-refractivity contribution is -0.136. The molecule has 6 nitrogen and oxygen atoms in total. The molecule has 2 N–H and O–H groups in total. The van der Waals surface area contributed by atoms with Crippen LogP contribution in [0.4, 0.5) is 13.2 Å². The van der Waals surface area contributed by atoms with Gasteiger partial charge in [-0.1, -0.05) is 0 Å². The maximum atomic E-state index is 14.0. The van der Waals surface area contributed by atoms with Crippen molar-refractivity contribution in [1.29, 1.82) is 0 Å². The van der Waals surface area contributed by atoms with E-state index in [4.69, 9.17) is 5.73 Å². The van der Waals surface area contributed by atoms with Gasteiger partial charge in [-0.05, 0) is 62.5 Å². The predicted molar refractivity (Wildman–Crippen MR) is 109 cm³/mol. The van der Waals surface area contributed by atoms with Crippen molar-refractivity contribution in [2.75, 3.05) is 13.6 Å². The van der Waals surface area contributed by atoms with Gasteiger partial charge in [-0.2, -0.15) is 4.31 Å². The molecular weight excluding hydrogens is 431 g/mol. The summed E-state index contributed by atoms with van der Waals surface area (Å²) in [5, 5.41) is -0.359. The average molecular weight is 460 g/mol. The van der Waals surface area contributed by atoms with E-state index in [1.807, 2.05) is 0 Å². The van der Waals surface area contributed by atoms with E-state index in [2.05, 4.69) is 0 Å². The Morgan fingerprint density at radius 3 is 2.26 bits per heavy atom. The Morgan fingerprint density at radius 1 is 1.10 bits per heavy atom. The molecule has 1 aromatic rings. The number of halogens is 3. The van der Waals surface area contributed by atoms with E-state index in [-0.39, 0.29) is 47.7 Å². The van der Waals surface area contributed by atoms with Gasteiger partial charge in [0.05, 0.1) is 11.8 Å². The summed E-state index contributed by atoms with van der Waals surface area (Å²) in [6, 6.07) is 0.878. The number of likely N-dealkylation sites (N-methyl/N-ethyl adjacent to an activating group) is 1. The van der Waals surface area contributed by atoms with Crippen LogP contribution in [0, 0.1) is 23.4 Å². The first kappa shape index (κ1) is 22.5. The molecule has 1 unspecified atom stereocenters. The molecule has 1 aromatic carbocycles. The number of piperidine rings is 1. The summed E-state index contributed by atoms with van der Waals surface area (Å²) in [4.78, 5) is 14.7. The van der Waals surface area contributed by atoms with Crippen LogP contribution in [0.2, 0.25) is 0 Å². The van der Waals surface area contributed by atoms with Crippen LogP contribution in [0.1, 0.15) is 44.1 Å². The molecule has 0 aromatic heterocycles. The first-order chi connectivity index (χ1) is 14.6. The van der Waals surface area contributed by atoms with Gasteiger partial charge in [0.15, 0.2) is 11.6 Å². The minimum atomic E-state index is -3.41. The lowest BCUT2D eigenvalue weighted by Gasteiger charge is -2.41. The zero-order chi connectivity index (χ0) is 22.5. The first-order valence-electron chi connectivity index (χ1n) is 10.7. The van der Waals surface area contributed by atoms with Crippen LogP contribution in [0.15, 0.2) is 12.1 Å². The van der Waals surface area contributed by atoms with Crippen LogP contribution in [-0.2, 0) is 21.2 Å². The molecule has 10 heteroatoms. The molecule has 1 aliphatic carbocycles. The van der Waals surface area contributed by atoms with Crippen LogP contribution < -0.4 is 5.73 Å². The number of amides is 1. The molecule has 1 saturated carbocycles. The Labute approximate surface area is 180 Å². The summed E-state index contributed by atoms with van der Waals surface area (Å²) in [5.74, 6) is -3.33. The highest BCUT2D eigenvalue weighted by atomic mass is 32.2. The minimum absolute atomic E-state index is 0.0157. The van der Waals surface area contributed by atoms with Crippen molar-refractivity contribution < 1.29 is 26.4 Å². The SMILES string of the molecule is CN(CC(=O)N1[C@@H]2CC[C@H]1CC([C@H](N)Cc1cc(F)c(F)cc1F)C2)S(=O)(=O)C1CC1. The molecule has 2 aliphatic heterocycles. The van der Waals surface area contributed by atoms with Gasteiger partial charge in [0.2, 0.25) is 15.9 Å². The Kier molecular flexibility index (Phi) is 6.08. The number of carbonyl (C=O) groups excluding carboxylic acids is 1. The Hall–Kier alpha value is -1.65. The standard InChI is InChI=1S/C21H28F3N3O3S/c1-26(31(29,30)16-4-5-16)11-21(28)27-14-2-3-15(27)7-13(6-14)20(25)9-12-8-18(23)19(24)10-17(12)22/h8,10,13-16,20H,2-7,9,11,25H2,1H3/t13?,14-,15+,20-/m1/s1. The lowest BCUT2D eigenvalue weighted by Crippen LogP contribution is -2.53. The monoisotopic (exact) mass is 459 g/mol. The molecule has 2 heterocycles. The molecule has 2 saturated heterocycles. The maximum Gasteiger partial charge on any atom is 0.238 e. The third-order valence-corrected chi connectivity index (χ3v) is 9.26. The second kappa shape index (κ2) is 8.37. The van der Waals surface area contributed by atoms with E-state index in [1.54, 1.807) is 4.90 Å². The highest BCUT2D eigenvalue weighted by molar-refractivity contribution is 7.90. The first-order valence-corrected chi connectivity index (χ1v) is 12.2. The smallest absolute Gasteiger partial charge is 0.238 e. The molecule has 2 bridgehead atoms. The Morgan fingerprint density at radius 2 is 1.68 bits per heavy atom. The number of carbonyl (C=O) groups is 1. The molecule has 3 aliphatic rings. The second-order valence-corrected chi connectivity index (χ2v) is 11.5. The van der Waals surface area contributed by atoms with Crippen molar-refractivity contribution in [2.24, 2.45) is 11.7 Å².